The average Bonchev–Trinajstić information content (AvgIpc) is 3.67. The Hall–Kier alpha value is -8.14. The lowest BCUT2D eigenvalue weighted by molar-refractivity contribution is 1.17. The van der Waals surface area contributed by atoms with E-state index in [1.165, 1.54) is 76.7 Å². The predicted molar refractivity (Wildman–Crippen MR) is 256 cm³/mol. The molecule has 0 spiro atoms. The van der Waals surface area contributed by atoms with Gasteiger partial charge in [-0.3, -0.25) is 0 Å². The topological polar surface area (TPSA) is 30.7 Å². The zero-order valence-electron chi connectivity index (χ0n) is 33.2. The van der Waals surface area contributed by atoms with Gasteiger partial charge in [0.05, 0.1) is 22.2 Å². The molecule has 0 atom stereocenters. The Kier molecular flexibility index (Phi) is 8.17. The van der Waals surface area contributed by atoms with Crippen LogP contribution in [-0.4, -0.2) is 14.5 Å². The third kappa shape index (κ3) is 5.90. The van der Waals surface area contributed by atoms with E-state index in [1.54, 1.807) is 0 Å². The molecule has 284 valence electrons. The monoisotopic (exact) mass is 775 g/mol. The minimum Gasteiger partial charge on any atom is -0.309 e. The van der Waals surface area contributed by atoms with Crippen LogP contribution in [0.15, 0.2) is 224 Å². The molecule has 3 heteroatoms. The van der Waals surface area contributed by atoms with Crippen molar-refractivity contribution in [1.82, 2.24) is 14.5 Å². The van der Waals surface area contributed by atoms with Gasteiger partial charge >= 0.3 is 0 Å². The van der Waals surface area contributed by atoms with Crippen molar-refractivity contribution in [1.29, 1.82) is 0 Å². The molecule has 0 aliphatic rings. The van der Waals surface area contributed by atoms with Gasteiger partial charge in [0, 0.05) is 33.0 Å². The maximum absolute atomic E-state index is 5.28. The van der Waals surface area contributed by atoms with Crippen LogP contribution in [0.2, 0.25) is 0 Å². The second kappa shape index (κ2) is 14.3. The summed E-state index contributed by atoms with van der Waals surface area (Å²) in [5, 5.41) is 8.49. The molecule has 0 saturated carbocycles. The summed E-state index contributed by atoms with van der Waals surface area (Å²) in [6.07, 6.45) is 0. The van der Waals surface area contributed by atoms with E-state index in [0.29, 0.717) is 5.82 Å². The van der Waals surface area contributed by atoms with E-state index in [9.17, 15) is 0 Å². The lowest BCUT2D eigenvalue weighted by Gasteiger charge is -2.14. The van der Waals surface area contributed by atoms with Crippen molar-refractivity contribution in [3.8, 4) is 61.7 Å². The summed E-state index contributed by atoms with van der Waals surface area (Å²) < 4.78 is 2.37. The first-order valence-electron chi connectivity index (χ1n) is 20.8. The SMILES string of the molecule is c1ccc(-c2cccc3cccc(-c4ccc(-c5nc(-c6ccc(-n7c8ccccc8c8cc(-c9cccc%10ccccc9%10)ccc87)cc6)nc6ccccc56)cc4)c23)cc1. The summed E-state index contributed by atoms with van der Waals surface area (Å²) >= 11 is 0. The molecular formula is C58H37N3. The molecule has 10 aromatic carbocycles. The van der Waals surface area contributed by atoms with Crippen LogP contribution in [0.3, 0.4) is 0 Å². The van der Waals surface area contributed by atoms with Crippen molar-refractivity contribution in [2.45, 2.75) is 0 Å². The molecule has 2 heterocycles. The summed E-state index contributed by atoms with van der Waals surface area (Å²) in [4.78, 5) is 10.4. The highest BCUT2D eigenvalue weighted by atomic mass is 15.0. The lowest BCUT2D eigenvalue weighted by Crippen LogP contribution is -1.97. The molecule has 0 fully saturated rings. The van der Waals surface area contributed by atoms with Crippen LogP contribution in [-0.2, 0) is 0 Å². The quantitative estimate of drug-likeness (QED) is 0.168. The van der Waals surface area contributed by atoms with E-state index < -0.39 is 0 Å². The minimum atomic E-state index is 0.702. The molecular weight excluding hydrogens is 739 g/mol. The fraction of sp³-hybridized carbons (Fsp3) is 0. The van der Waals surface area contributed by atoms with E-state index >= 15 is 0 Å². The highest BCUT2D eigenvalue weighted by Crippen LogP contribution is 2.40. The number of nitrogens with zero attached hydrogens (tertiary/aromatic N) is 3. The third-order valence-corrected chi connectivity index (χ3v) is 12.2. The first-order valence-corrected chi connectivity index (χ1v) is 20.8. The van der Waals surface area contributed by atoms with Gasteiger partial charge in [0.15, 0.2) is 5.82 Å². The van der Waals surface area contributed by atoms with Crippen molar-refractivity contribution in [3.05, 3.63) is 224 Å². The number of aromatic nitrogens is 3. The molecule has 0 bridgehead atoms. The Labute approximate surface area is 353 Å². The molecule has 3 nitrogen and oxygen atoms in total. The van der Waals surface area contributed by atoms with Crippen LogP contribution in [0.5, 0.6) is 0 Å². The molecule has 12 aromatic rings. The van der Waals surface area contributed by atoms with Gasteiger partial charge in [0.1, 0.15) is 0 Å². The molecule has 12 rings (SSSR count). The smallest absolute Gasteiger partial charge is 0.160 e. The van der Waals surface area contributed by atoms with E-state index in [0.717, 1.165) is 33.4 Å². The number of para-hydroxylation sites is 2. The van der Waals surface area contributed by atoms with Gasteiger partial charge in [0.25, 0.3) is 0 Å². The number of fused-ring (bicyclic) bond motifs is 6. The second-order valence-electron chi connectivity index (χ2n) is 15.7. The van der Waals surface area contributed by atoms with Crippen molar-refractivity contribution in [2.24, 2.45) is 0 Å². The Balaban J connectivity index is 0.923. The van der Waals surface area contributed by atoms with Crippen molar-refractivity contribution < 1.29 is 0 Å². The van der Waals surface area contributed by atoms with Crippen LogP contribution in [0.4, 0.5) is 0 Å². The number of rotatable bonds is 6. The Morgan fingerprint density at radius 3 is 1.66 bits per heavy atom. The van der Waals surface area contributed by atoms with Gasteiger partial charge in [-0.15, -0.1) is 0 Å². The first-order chi connectivity index (χ1) is 30.2. The van der Waals surface area contributed by atoms with Crippen LogP contribution < -0.4 is 0 Å². The van der Waals surface area contributed by atoms with Gasteiger partial charge in [-0.2, -0.15) is 0 Å². The van der Waals surface area contributed by atoms with Gasteiger partial charge in [-0.1, -0.05) is 176 Å². The normalized spacial score (nSPS) is 11.6. The fourth-order valence-corrected chi connectivity index (χ4v) is 9.33. The predicted octanol–water partition coefficient (Wildman–Crippen LogP) is 15.4. The van der Waals surface area contributed by atoms with Crippen molar-refractivity contribution >= 4 is 54.3 Å². The molecule has 0 radical (unpaired) electrons. The summed E-state index contributed by atoms with van der Waals surface area (Å²) in [5.74, 6) is 0.702. The maximum atomic E-state index is 5.28. The number of benzene rings is 10. The second-order valence-corrected chi connectivity index (χ2v) is 15.7. The van der Waals surface area contributed by atoms with Crippen LogP contribution in [0, 0.1) is 0 Å². The Morgan fingerprint density at radius 2 is 0.869 bits per heavy atom. The molecule has 0 amide bonds. The van der Waals surface area contributed by atoms with E-state index in [-0.39, 0.29) is 0 Å². The summed E-state index contributed by atoms with van der Waals surface area (Å²) in [6.45, 7) is 0. The van der Waals surface area contributed by atoms with Crippen LogP contribution >= 0.6 is 0 Å². The zero-order chi connectivity index (χ0) is 40.3. The van der Waals surface area contributed by atoms with E-state index in [4.69, 9.17) is 9.97 Å². The molecule has 0 unspecified atom stereocenters. The zero-order valence-corrected chi connectivity index (χ0v) is 33.2. The molecule has 0 saturated heterocycles. The fourth-order valence-electron chi connectivity index (χ4n) is 9.33. The molecule has 61 heavy (non-hydrogen) atoms. The lowest BCUT2D eigenvalue weighted by atomic mass is 9.91. The van der Waals surface area contributed by atoms with Gasteiger partial charge < -0.3 is 4.57 Å². The highest BCUT2D eigenvalue weighted by molar-refractivity contribution is 6.12. The Bertz CT molecular complexity index is 3610. The number of hydrogen-bond donors (Lipinski definition) is 0. The minimum absolute atomic E-state index is 0.702. The van der Waals surface area contributed by atoms with Gasteiger partial charge in [-0.25, -0.2) is 9.97 Å². The first kappa shape index (κ1) is 34.9. The summed E-state index contributed by atoms with van der Waals surface area (Å²) in [5.41, 5.74) is 14.6. The molecule has 0 aliphatic heterocycles. The molecule has 0 N–H and O–H groups in total. The standard InChI is InChI=1S/C58H37N3/c1-2-13-39(14-3-1)48-23-11-17-41-18-12-24-49(56(41)48)40-27-29-42(30-28-40)57-51-21-6-8-25-53(51)59-58(60-57)43-31-34-45(35-32-43)61-54-26-9-7-20-50(54)52-37-44(33-36-55(52)61)47-22-10-16-38-15-4-5-19-46(38)47/h1-37H. The van der Waals surface area contributed by atoms with Gasteiger partial charge in [-0.05, 0) is 103 Å². The largest absolute Gasteiger partial charge is 0.309 e. The Morgan fingerprint density at radius 1 is 0.311 bits per heavy atom. The summed E-state index contributed by atoms with van der Waals surface area (Å²) in [7, 11) is 0. The highest BCUT2D eigenvalue weighted by Gasteiger charge is 2.17. The average molecular weight is 776 g/mol. The molecule has 2 aromatic heterocycles. The van der Waals surface area contributed by atoms with E-state index in [1.807, 2.05) is 6.07 Å². The van der Waals surface area contributed by atoms with Gasteiger partial charge in [0.2, 0.25) is 0 Å². The summed E-state index contributed by atoms with van der Waals surface area (Å²) in [6, 6.07) is 80.5. The maximum Gasteiger partial charge on any atom is 0.160 e. The van der Waals surface area contributed by atoms with Crippen molar-refractivity contribution in [3.63, 3.8) is 0 Å². The number of hydrogen-bond acceptors (Lipinski definition) is 2. The van der Waals surface area contributed by atoms with E-state index in [2.05, 4.69) is 223 Å². The van der Waals surface area contributed by atoms with Crippen LogP contribution in [0.1, 0.15) is 0 Å². The third-order valence-electron chi connectivity index (χ3n) is 12.2. The molecule has 0 aliphatic carbocycles. The van der Waals surface area contributed by atoms with Crippen molar-refractivity contribution in [2.75, 3.05) is 0 Å². The van der Waals surface area contributed by atoms with Crippen LogP contribution in [0.25, 0.3) is 116 Å².